The first-order valence-corrected chi connectivity index (χ1v) is 19.0. The molecule has 0 aliphatic carbocycles. The minimum Gasteiger partial charge on any atom is -0.309 e. The summed E-state index contributed by atoms with van der Waals surface area (Å²) in [5.74, 6) is 0.630. The van der Waals surface area contributed by atoms with Crippen molar-refractivity contribution < 1.29 is 0 Å². The standard InChI is InChI=1S/C52H34N4/c1-4-16-35(17-5-1)37-20-14-22-39(30-37)46-34-47(40-23-15-21-38(31-40)36-18-6-2-7-19-36)54-52(53-46)56-49-29-13-11-27-43(49)45-32-50-44(33-51(45)56)42-26-10-12-28-48(42)55(50)41-24-8-3-9-25-41/h1-34H. The molecule has 11 aromatic rings. The third-order valence-corrected chi connectivity index (χ3v) is 10.9. The summed E-state index contributed by atoms with van der Waals surface area (Å²) in [5.41, 5.74) is 14.0. The quantitative estimate of drug-likeness (QED) is 0.172. The van der Waals surface area contributed by atoms with Gasteiger partial charge in [-0.15, -0.1) is 0 Å². The van der Waals surface area contributed by atoms with Crippen LogP contribution in [-0.4, -0.2) is 19.1 Å². The molecule has 11 rings (SSSR count). The molecule has 0 bridgehead atoms. The lowest BCUT2D eigenvalue weighted by Crippen LogP contribution is -2.04. The first-order valence-electron chi connectivity index (χ1n) is 19.0. The van der Waals surface area contributed by atoms with Gasteiger partial charge in [0.1, 0.15) is 0 Å². The molecule has 0 radical (unpaired) electrons. The van der Waals surface area contributed by atoms with Gasteiger partial charge < -0.3 is 4.57 Å². The van der Waals surface area contributed by atoms with Crippen molar-refractivity contribution in [2.75, 3.05) is 0 Å². The summed E-state index contributed by atoms with van der Waals surface area (Å²) in [5, 5.41) is 4.70. The van der Waals surface area contributed by atoms with Crippen LogP contribution in [0.4, 0.5) is 0 Å². The Kier molecular flexibility index (Phi) is 7.46. The maximum Gasteiger partial charge on any atom is 0.235 e. The Morgan fingerprint density at radius 2 is 0.679 bits per heavy atom. The van der Waals surface area contributed by atoms with Gasteiger partial charge in [-0.1, -0.05) is 152 Å². The molecule has 0 aliphatic rings. The van der Waals surface area contributed by atoms with Crippen molar-refractivity contribution in [3.05, 3.63) is 206 Å². The van der Waals surface area contributed by atoms with E-state index in [0.29, 0.717) is 5.95 Å². The molecular formula is C52H34N4. The van der Waals surface area contributed by atoms with E-state index in [9.17, 15) is 0 Å². The largest absolute Gasteiger partial charge is 0.309 e. The van der Waals surface area contributed by atoms with Crippen molar-refractivity contribution in [3.63, 3.8) is 0 Å². The molecule has 56 heavy (non-hydrogen) atoms. The number of aromatic nitrogens is 4. The average molecular weight is 715 g/mol. The van der Waals surface area contributed by atoms with Crippen LogP contribution in [0.2, 0.25) is 0 Å². The van der Waals surface area contributed by atoms with Crippen LogP contribution in [0.25, 0.3) is 100 Å². The Balaban J connectivity index is 1.19. The topological polar surface area (TPSA) is 35.6 Å². The zero-order chi connectivity index (χ0) is 37.0. The molecule has 0 saturated heterocycles. The number of rotatable bonds is 6. The summed E-state index contributed by atoms with van der Waals surface area (Å²) in [7, 11) is 0. The minimum absolute atomic E-state index is 0.630. The van der Waals surface area contributed by atoms with Crippen LogP contribution in [0.1, 0.15) is 0 Å². The summed E-state index contributed by atoms with van der Waals surface area (Å²) in [6.45, 7) is 0. The second kappa shape index (κ2) is 13.1. The van der Waals surface area contributed by atoms with Gasteiger partial charge in [0.15, 0.2) is 0 Å². The second-order valence-corrected chi connectivity index (χ2v) is 14.3. The van der Waals surface area contributed by atoms with Gasteiger partial charge in [-0.25, -0.2) is 9.97 Å². The van der Waals surface area contributed by atoms with E-state index in [1.165, 1.54) is 32.9 Å². The number of benzene rings is 8. The normalized spacial score (nSPS) is 11.6. The molecule has 0 atom stereocenters. The van der Waals surface area contributed by atoms with E-state index in [4.69, 9.17) is 9.97 Å². The second-order valence-electron chi connectivity index (χ2n) is 14.3. The molecule has 3 heterocycles. The van der Waals surface area contributed by atoms with Crippen LogP contribution in [0.5, 0.6) is 0 Å². The molecule has 262 valence electrons. The van der Waals surface area contributed by atoms with Crippen molar-refractivity contribution in [1.82, 2.24) is 19.1 Å². The molecule has 4 heteroatoms. The Morgan fingerprint density at radius 3 is 1.21 bits per heavy atom. The number of para-hydroxylation sites is 3. The van der Waals surface area contributed by atoms with E-state index in [2.05, 4.69) is 215 Å². The molecule has 0 spiro atoms. The predicted molar refractivity (Wildman–Crippen MR) is 232 cm³/mol. The summed E-state index contributed by atoms with van der Waals surface area (Å²) >= 11 is 0. The minimum atomic E-state index is 0.630. The lowest BCUT2D eigenvalue weighted by atomic mass is 9.99. The fraction of sp³-hybridized carbons (Fsp3) is 0. The van der Waals surface area contributed by atoms with Gasteiger partial charge >= 0.3 is 0 Å². The van der Waals surface area contributed by atoms with E-state index in [1.54, 1.807) is 0 Å². The van der Waals surface area contributed by atoms with Crippen molar-refractivity contribution in [2.24, 2.45) is 0 Å². The van der Waals surface area contributed by atoms with Crippen LogP contribution in [0.15, 0.2) is 206 Å². The van der Waals surface area contributed by atoms with Crippen molar-refractivity contribution in [2.45, 2.75) is 0 Å². The third-order valence-electron chi connectivity index (χ3n) is 10.9. The summed E-state index contributed by atoms with van der Waals surface area (Å²) in [4.78, 5) is 10.9. The maximum absolute atomic E-state index is 5.43. The molecule has 3 aromatic heterocycles. The highest BCUT2D eigenvalue weighted by Crippen LogP contribution is 2.40. The average Bonchev–Trinajstić information content (AvgIpc) is 3.78. The molecule has 0 aliphatic heterocycles. The highest BCUT2D eigenvalue weighted by atomic mass is 15.2. The van der Waals surface area contributed by atoms with Gasteiger partial charge in [-0.2, -0.15) is 0 Å². The highest BCUT2D eigenvalue weighted by molar-refractivity contribution is 6.19. The molecule has 4 nitrogen and oxygen atoms in total. The van der Waals surface area contributed by atoms with E-state index in [-0.39, 0.29) is 0 Å². The molecule has 0 saturated carbocycles. The zero-order valence-corrected chi connectivity index (χ0v) is 30.4. The SMILES string of the molecule is c1ccc(-c2cccc(-c3cc(-c4cccc(-c5ccccc5)c4)nc(-n4c5ccccc5c5cc6c(cc54)c4ccccc4n6-c4ccccc4)n3)c2)cc1. The molecule has 0 unspecified atom stereocenters. The monoisotopic (exact) mass is 714 g/mol. The van der Waals surface area contributed by atoms with Crippen LogP contribution in [0, 0.1) is 0 Å². The smallest absolute Gasteiger partial charge is 0.235 e. The fourth-order valence-corrected chi connectivity index (χ4v) is 8.31. The Morgan fingerprint density at radius 1 is 0.268 bits per heavy atom. The van der Waals surface area contributed by atoms with Crippen LogP contribution < -0.4 is 0 Å². The summed E-state index contributed by atoms with van der Waals surface area (Å²) in [6, 6.07) is 73.2. The van der Waals surface area contributed by atoms with Gasteiger partial charge in [0, 0.05) is 38.4 Å². The zero-order valence-electron chi connectivity index (χ0n) is 30.4. The van der Waals surface area contributed by atoms with Crippen molar-refractivity contribution in [1.29, 1.82) is 0 Å². The van der Waals surface area contributed by atoms with Gasteiger partial charge in [0.05, 0.1) is 33.5 Å². The maximum atomic E-state index is 5.43. The Hall–Kier alpha value is -7.56. The van der Waals surface area contributed by atoms with Gasteiger partial charge in [-0.05, 0) is 76.9 Å². The number of hydrogen-bond donors (Lipinski definition) is 0. The first kappa shape index (κ1) is 31.9. The number of hydrogen-bond acceptors (Lipinski definition) is 2. The number of nitrogens with zero attached hydrogens (tertiary/aromatic N) is 4. The third kappa shape index (κ3) is 5.31. The Labute approximate surface area is 324 Å². The molecule has 0 fully saturated rings. The van der Waals surface area contributed by atoms with Crippen LogP contribution >= 0.6 is 0 Å². The van der Waals surface area contributed by atoms with E-state index in [0.717, 1.165) is 61.1 Å². The van der Waals surface area contributed by atoms with Crippen molar-refractivity contribution in [3.8, 4) is 56.4 Å². The molecule has 0 amide bonds. The van der Waals surface area contributed by atoms with E-state index in [1.807, 2.05) is 0 Å². The lowest BCUT2D eigenvalue weighted by molar-refractivity contribution is 0.996. The van der Waals surface area contributed by atoms with Crippen LogP contribution in [-0.2, 0) is 0 Å². The van der Waals surface area contributed by atoms with Gasteiger partial charge in [0.25, 0.3) is 0 Å². The first-order chi connectivity index (χ1) is 27.8. The van der Waals surface area contributed by atoms with Crippen molar-refractivity contribution >= 4 is 43.6 Å². The van der Waals surface area contributed by atoms with E-state index >= 15 is 0 Å². The van der Waals surface area contributed by atoms with Gasteiger partial charge in [-0.3, -0.25) is 4.57 Å². The van der Waals surface area contributed by atoms with E-state index < -0.39 is 0 Å². The lowest BCUT2D eigenvalue weighted by Gasteiger charge is -2.13. The fourth-order valence-electron chi connectivity index (χ4n) is 8.31. The predicted octanol–water partition coefficient (Wildman–Crippen LogP) is 13.3. The number of fused-ring (bicyclic) bond motifs is 6. The van der Waals surface area contributed by atoms with Gasteiger partial charge in [0.2, 0.25) is 5.95 Å². The Bertz CT molecular complexity index is 3130. The molecular weight excluding hydrogens is 681 g/mol. The molecule has 0 N–H and O–H groups in total. The van der Waals surface area contributed by atoms with Crippen LogP contribution in [0.3, 0.4) is 0 Å². The summed E-state index contributed by atoms with van der Waals surface area (Å²) < 4.78 is 4.64. The summed E-state index contributed by atoms with van der Waals surface area (Å²) in [6.07, 6.45) is 0. The molecule has 8 aromatic carbocycles. The highest BCUT2D eigenvalue weighted by Gasteiger charge is 2.21.